The molecule has 1 rings (SSSR count). The maximum atomic E-state index is 12.7. The fourth-order valence-corrected chi connectivity index (χ4v) is 1.06. The minimum absolute atomic E-state index is 0.582. The van der Waals surface area contributed by atoms with Crippen molar-refractivity contribution in [3.8, 4) is 0 Å². The molecule has 1 saturated heterocycles. The molecular formula is C6H10F2O3. The SMILES string of the molecule is C[C@@H]1O[C@H](CO)[C@H](O)C1(F)F. The highest BCUT2D eigenvalue weighted by Crippen LogP contribution is 2.35. The molecule has 0 spiro atoms. The number of halogens is 2. The number of hydrogen-bond acceptors (Lipinski definition) is 3. The van der Waals surface area contributed by atoms with E-state index in [2.05, 4.69) is 4.74 Å². The van der Waals surface area contributed by atoms with Crippen molar-refractivity contribution in [3.05, 3.63) is 0 Å². The van der Waals surface area contributed by atoms with E-state index in [1.54, 1.807) is 0 Å². The summed E-state index contributed by atoms with van der Waals surface area (Å²) in [6.45, 7) is 0.583. The van der Waals surface area contributed by atoms with Crippen LogP contribution in [-0.4, -0.2) is 41.1 Å². The van der Waals surface area contributed by atoms with Crippen LogP contribution in [0.15, 0.2) is 0 Å². The lowest BCUT2D eigenvalue weighted by molar-refractivity contribution is -0.106. The van der Waals surface area contributed by atoms with E-state index in [0.29, 0.717) is 0 Å². The summed E-state index contributed by atoms with van der Waals surface area (Å²) in [5.41, 5.74) is 0. The lowest BCUT2D eigenvalue weighted by Crippen LogP contribution is -2.39. The van der Waals surface area contributed by atoms with Gasteiger partial charge in [-0.05, 0) is 6.92 Å². The summed E-state index contributed by atoms with van der Waals surface area (Å²) in [6.07, 6.45) is -4.36. The van der Waals surface area contributed by atoms with Gasteiger partial charge in [0, 0.05) is 0 Å². The first-order chi connectivity index (χ1) is 5.00. The van der Waals surface area contributed by atoms with Gasteiger partial charge in [-0.1, -0.05) is 0 Å². The Morgan fingerprint density at radius 2 is 2.09 bits per heavy atom. The Kier molecular flexibility index (Phi) is 2.13. The highest BCUT2D eigenvalue weighted by atomic mass is 19.3. The van der Waals surface area contributed by atoms with Gasteiger partial charge in [0.1, 0.15) is 18.3 Å². The first-order valence-electron chi connectivity index (χ1n) is 3.32. The Labute approximate surface area is 62.6 Å². The van der Waals surface area contributed by atoms with Crippen LogP contribution in [-0.2, 0) is 4.74 Å². The largest absolute Gasteiger partial charge is 0.394 e. The summed E-state index contributed by atoms with van der Waals surface area (Å²) in [7, 11) is 0. The zero-order valence-corrected chi connectivity index (χ0v) is 6.00. The Bertz CT molecular complexity index is 151. The molecule has 0 aromatic rings. The van der Waals surface area contributed by atoms with Crippen molar-refractivity contribution in [2.24, 2.45) is 0 Å². The van der Waals surface area contributed by atoms with Crippen molar-refractivity contribution >= 4 is 0 Å². The molecule has 0 aliphatic carbocycles. The molecule has 1 aliphatic rings. The third-order valence-electron chi connectivity index (χ3n) is 1.85. The molecule has 3 atom stereocenters. The summed E-state index contributed by atoms with van der Waals surface area (Å²) >= 11 is 0. The molecule has 2 N–H and O–H groups in total. The zero-order valence-electron chi connectivity index (χ0n) is 6.00. The smallest absolute Gasteiger partial charge is 0.301 e. The number of ether oxygens (including phenoxy) is 1. The monoisotopic (exact) mass is 168 g/mol. The van der Waals surface area contributed by atoms with Crippen LogP contribution in [0.25, 0.3) is 0 Å². The number of aliphatic hydroxyl groups is 2. The Balaban J connectivity index is 2.71. The molecule has 0 aromatic heterocycles. The van der Waals surface area contributed by atoms with Gasteiger partial charge >= 0.3 is 5.92 Å². The third-order valence-corrected chi connectivity index (χ3v) is 1.85. The van der Waals surface area contributed by atoms with Crippen LogP contribution >= 0.6 is 0 Å². The highest BCUT2D eigenvalue weighted by Gasteiger charge is 2.55. The lowest BCUT2D eigenvalue weighted by Gasteiger charge is -2.15. The normalized spacial score (nSPS) is 42.8. The van der Waals surface area contributed by atoms with Crippen molar-refractivity contribution in [2.75, 3.05) is 6.61 Å². The van der Waals surface area contributed by atoms with E-state index in [4.69, 9.17) is 10.2 Å². The van der Waals surface area contributed by atoms with Gasteiger partial charge in [-0.2, -0.15) is 0 Å². The summed E-state index contributed by atoms with van der Waals surface area (Å²) < 4.78 is 30.0. The van der Waals surface area contributed by atoms with Crippen LogP contribution in [0.4, 0.5) is 8.78 Å². The summed E-state index contributed by atoms with van der Waals surface area (Å²) in [5, 5.41) is 17.3. The van der Waals surface area contributed by atoms with Crippen molar-refractivity contribution in [1.29, 1.82) is 0 Å². The molecule has 1 aliphatic heterocycles. The molecule has 1 fully saturated rings. The van der Waals surface area contributed by atoms with Crippen LogP contribution in [0, 0.1) is 0 Å². The van der Waals surface area contributed by atoms with E-state index >= 15 is 0 Å². The second-order valence-electron chi connectivity index (χ2n) is 2.62. The topological polar surface area (TPSA) is 49.7 Å². The molecule has 11 heavy (non-hydrogen) atoms. The van der Waals surface area contributed by atoms with Crippen molar-refractivity contribution in [2.45, 2.75) is 31.2 Å². The fraction of sp³-hybridized carbons (Fsp3) is 1.00. The quantitative estimate of drug-likeness (QED) is 0.568. The van der Waals surface area contributed by atoms with Gasteiger partial charge in [0.15, 0.2) is 0 Å². The molecule has 1 heterocycles. The highest BCUT2D eigenvalue weighted by molar-refractivity contribution is 4.94. The summed E-state index contributed by atoms with van der Waals surface area (Å²) in [5.74, 6) is -3.24. The van der Waals surface area contributed by atoms with Crippen LogP contribution < -0.4 is 0 Å². The first-order valence-corrected chi connectivity index (χ1v) is 3.32. The molecule has 3 nitrogen and oxygen atoms in total. The number of rotatable bonds is 1. The molecule has 0 aromatic carbocycles. The molecule has 0 bridgehead atoms. The average Bonchev–Trinajstić information content (AvgIpc) is 2.14. The molecule has 66 valence electrons. The second kappa shape index (κ2) is 2.66. The van der Waals surface area contributed by atoms with Gasteiger partial charge in [-0.3, -0.25) is 0 Å². The molecular weight excluding hydrogens is 158 g/mol. The van der Waals surface area contributed by atoms with E-state index in [9.17, 15) is 8.78 Å². The van der Waals surface area contributed by atoms with Gasteiger partial charge in [-0.25, -0.2) is 8.78 Å². The summed E-state index contributed by atoms with van der Waals surface area (Å²) in [6, 6.07) is 0. The minimum atomic E-state index is -3.24. The number of hydrogen-bond donors (Lipinski definition) is 2. The maximum Gasteiger partial charge on any atom is 0.301 e. The predicted octanol–water partition coefficient (Wildman–Crippen LogP) is -0.238. The third kappa shape index (κ3) is 1.23. The van der Waals surface area contributed by atoms with Crippen LogP contribution in [0.1, 0.15) is 6.92 Å². The Morgan fingerprint density at radius 3 is 2.27 bits per heavy atom. The van der Waals surface area contributed by atoms with Crippen molar-refractivity contribution in [1.82, 2.24) is 0 Å². The van der Waals surface area contributed by atoms with E-state index in [0.717, 1.165) is 0 Å². The van der Waals surface area contributed by atoms with E-state index in [-0.39, 0.29) is 0 Å². The van der Waals surface area contributed by atoms with Crippen molar-refractivity contribution < 1.29 is 23.7 Å². The Morgan fingerprint density at radius 1 is 1.55 bits per heavy atom. The van der Waals surface area contributed by atoms with Gasteiger partial charge in [0.05, 0.1) is 6.61 Å². The van der Waals surface area contributed by atoms with Crippen LogP contribution in [0.5, 0.6) is 0 Å². The van der Waals surface area contributed by atoms with Crippen LogP contribution in [0.2, 0.25) is 0 Å². The maximum absolute atomic E-state index is 12.7. The standard InChI is InChI=1S/C6H10F2O3/c1-3-6(7,8)5(10)4(2-9)11-3/h3-5,9-10H,2H2,1H3/t3-,4+,5-/m0/s1. The molecule has 0 saturated carbocycles. The van der Waals surface area contributed by atoms with E-state index < -0.39 is 30.8 Å². The van der Waals surface area contributed by atoms with Gasteiger partial charge in [0.2, 0.25) is 0 Å². The van der Waals surface area contributed by atoms with Gasteiger partial charge in [0.25, 0.3) is 0 Å². The fourth-order valence-electron chi connectivity index (χ4n) is 1.06. The summed E-state index contributed by atoms with van der Waals surface area (Å²) in [4.78, 5) is 0. The number of alkyl halides is 2. The Hall–Kier alpha value is -0.260. The molecule has 0 unspecified atom stereocenters. The number of aliphatic hydroxyl groups excluding tert-OH is 2. The zero-order chi connectivity index (χ0) is 8.65. The van der Waals surface area contributed by atoms with Gasteiger partial charge < -0.3 is 14.9 Å². The molecule has 0 amide bonds. The van der Waals surface area contributed by atoms with Crippen molar-refractivity contribution in [3.63, 3.8) is 0 Å². The van der Waals surface area contributed by atoms with Crippen LogP contribution in [0.3, 0.4) is 0 Å². The predicted molar refractivity (Wildman–Crippen MR) is 32.4 cm³/mol. The molecule has 5 heteroatoms. The lowest BCUT2D eigenvalue weighted by atomic mass is 10.1. The molecule has 0 radical (unpaired) electrons. The average molecular weight is 168 g/mol. The minimum Gasteiger partial charge on any atom is -0.394 e. The van der Waals surface area contributed by atoms with Gasteiger partial charge in [-0.15, -0.1) is 0 Å². The van der Waals surface area contributed by atoms with E-state index in [1.165, 1.54) is 6.92 Å². The second-order valence-corrected chi connectivity index (χ2v) is 2.62. The van der Waals surface area contributed by atoms with E-state index in [1.807, 2.05) is 0 Å². The first kappa shape index (κ1) is 8.83.